The number of likely N-dealkylation sites (N-methyl/N-ethyl adjacent to an activating group) is 1. The third-order valence-electron chi connectivity index (χ3n) is 4.40. The van der Waals surface area contributed by atoms with Crippen LogP contribution in [0.4, 0.5) is 5.69 Å². The number of non-ortho nitro benzene ring substituents is 1. The van der Waals surface area contributed by atoms with Crippen molar-refractivity contribution >= 4 is 23.5 Å². The van der Waals surface area contributed by atoms with Crippen molar-refractivity contribution in [1.29, 1.82) is 0 Å². The summed E-state index contributed by atoms with van der Waals surface area (Å²) in [6.45, 7) is 3.42. The molecule has 0 aliphatic carbocycles. The number of rotatable bonds is 8. The average Bonchev–Trinajstić information content (AvgIpc) is 2.72. The molecule has 2 rings (SSSR count). The zero-order chi connectivity index (χ0) is 22.3. The fraction of sp³-hybridized carbons (Fsp3) is 0.286. The van der Waals surface area contributed by atoms with Crippen LogP contribution in [0.3, 0.4) is 0 Å². The molecule has 2 aromatic carbocycles. The van der Waals surface area contributed by atoms with Crippen LogP contribution < -0.4 is 5.32 Å². The van der Waals surface area contributed by atoms with Crippen LogP contribution in [0.1, 0.15) is 27.0 Å². The molecule has 0 aliphatic heterocycles. The van der Waals surface area contributed by atoms with Crippen molar-refractivity contribution < 1.29 is 24.0 Å². The van der Waals surface area contributed by atoms with Gasteiger partial charge < -0.3 is 15.0 Å². The first kappa shape index (κ1) is 22.5. The van der Waals surface area contributed by atoms with E-state index in [1.54, 1.807) is 7.05 Å². The maximum Gasteiger partial charge on any atom is 0.325 e. The topological polar surface area (TPSA) is 119 Å². The Morgan fingerprint density at radius 1 is 1.13 bits per heavy atom. The molecule has 158 valence electrons. The fourth-order valence-corrected chi connectivity index (χ4v) is 2.69. The third-order valence-corrected chi connectivity index (χ3v) is 4.40. The summed E-state index contributed by atoms with van der Waals surface area (Å²) in [4.78, 5) is 47.6. The van der Waals surface area contributed by atoms with Crippen LogP contribution >= 0.6 is 0 Å². The van der Waals surface area contributed by atoms with Crippen molar-refractivity contribution in [3.8, 4) is 0 Å². The first-order valence-electron chi connectivity index (χ1n) is 9.15. The number of nitrogens with one attached hydrogen (secondary N) is 1. The molecule has 9 heteroatoms. The Balaban J connectivity index is 1.79. The molecule has 0 atom stereocenters. The minimum absolute atomic E-state index is 0.0428. The van der Waals surface area contributed by atoms with Crippen molar-refractivity contribution in [2.24, 2.45) is 0 Å². The molecule has 30 heavy (non-hydrogen) atoms. The zero-order valence-electron chi connectivity index (χ0n) is 17.0. The molecule has 0 fully saturated rings. The van der Waals surface area contributed by atoms with Crippen LogP contribution in [0.25, 0.3) is 0 Å². The molecular weight excluding hydrogens is 390 g/mol. The van der Waals surface area contributed by atoms with E-state index >= 15 is 0 Å². The van der Waals surface area contributed by atoms with Crippen molar-refractivity contribution in [3.63, 3.8) is 0 Å². The number of ether oxygens (including phenoxy) is 1. The number of carbonyl (C=O) groups excluding carboxylic acids is 3. The molecule has 0 aromatic heterocycles. The Hall–Kier alpha value is -3.75. The number of amides is 2. The van der Waals surface area contributed by atoms with E-state index in [1.165, 1.54) is 23.1 Å². The van der Waals surface area contributed by atoms with E-state index in [-0.39, 0.29) is 17.2 Å². The van der Waals surface area contributed by atoms with Crippen LogP contribution in [0.2, 0.25) is 0 Å². The highest BCUT2D eigenvalue weighted by Gasteiger charge is 2.15. The number of esters is 1. The van der Waals surface area contributed by atoms with Gasteiger partial charge in [0.25, 0.3) is 17.5 Å². The molecule has 0 bridgehead atoms. The van der Waals surface area contributed by atoms with Gasteiger partial charge in [-0.3, -0.25) is 24.5 Å². The Morgan fingerprint density at radius 2 is 1.87 bits per heavy atom. The van der Waals surface area contributed by atoms with Gasteiger partial charge in [-0.1, -0.05) is 29.8 Å². The summed E-state index contributed by atoms with van der Waals surface area (Å²) in [5, 5.41) is 13.1. The van der Waals surface area contributed by atoms with Gasteiger partial charge in [0.15, 0.2) is 6.61 Å². The van der Waals surface area contributed by atoms with Gasteiger partial charge in [-0.2, -0.15) is 0 Å². The predicted molar refractivity (Wildman–Crippen MR) is 109 cm³/mol. The highest BCUT2D eigenvalue weighted by atomic mass is 16.6. The van der Waals surface area contributed by atoms with Crippen molar-refractivity contribution in [2.75, 3.05) is 20.2 Å². The van der Waals surface area contributed by atoms with E-state index in [2.05, 4.69) is 5.32 Å². The quantitative estimate of drug-likeness (QED) is 0.402. The second-order valence-electron chi connectivity index (χ2n) is 6.83. The van der Waals surface area contributed by atoms with E-state index in [4.69, 9.17) is 4.74 Å². The molecule has 0 spiro atoms. The Kier molecular flexibility index (Phi) is 7.62. The number of hydrogen-bond acceptors (Lipinski definition) is 6. The second kappa shape index (κ2) is 10.1. The molecular formula is C21H23N3O6. The Bertz CT molecular complexity index is 973. The third kappa shape index (κ3) is 6.40. The summed E-state index contributed by atoms with van der Waals surface area (Å²) in [5.41, 5.74) is 3.00. The van der Waals surface area contributed by atoms with E-state index in [1.807, 2.05) is 32.0 Å². The first-order valence-corrected chi connectivity index (χ1v) is 9.15. The minimum Gasteiger partial charge on any atom is -0.454 e. The molecule has 0 saturated heterocycles. The van der Waals surface area contributed by atoms with Gasteiger partial charge >= 0.3 is 5.97 Å². The predicted octanol–water partition coefficient (Wildman–Crippen LogP) is 2.14. The molecule has 0 radical (unpaired) electrons. The van der Waals surface area contributed by atoms with Gasteiger partial charge in [-0.15, -0.1) is 0 Å². The SMILES string of the molecule is Cc1ccc(CN(C)C(=O)COC(=O)CNC(=O)c2cccc([N+](=O)[O-])c2)c(C)c1. The molecule has 1 N–H and O–H groups in total. The maximum absolute atomic E-state index is 12.2. The van der Waals surface area contributed by atoms with Crippen molar-refractivity contribution in [2.45, 2.75) is 20.4 Å². The lowest BCUT2D eigenvalue weighted by Crippen LogP contribution is -2.34. The monoisotopic (exact) mass is 413 g/mol. The normalized spacial score (nSPS) is 10.2. The number of hydrogen-bond donors (Lipinski definition) is 1. The summed E-state index contributed by atoms with van der Waals surface area (Å²) in [6, 6.07) is 11.1. The van der Waals surface area contributed by atoms with Crippen LogP contribution in [0, 0.1) is 24.0 Å². The highest BCUT2D eigenvalue weighted by molar-refractivity contribution is 5.96. The number of nitrogens with zero attached hydrogens (tertiary/aromatic N) is 2. The lowest BCUT2D eigenvalue weighted by atomic mass is 10.1. The Morgan fingerprint density at radius 3 is 2.53 bits per heavy atom. The fourth-order valence-electron chi connectivity index (χ4n) is 2.69. The summed E-state index contributed by atoms with van der Waals surface area (Å²) in [6.07, 6.45) is 0. The van der Waals surface area contributed by atoms with Gasteiger partial charge in [0.2, 0.25) is 0 Å². The minimum atomic E-state index is -0.790. The lowest BCUT2D eigenvalue weighted by Gasteiger charge is -2.18. The molecule has 0 unspecified atom stereocenters. The van der Waals surface area contributed by atoms with Crippen LogP contribution in [-0.4, -0.2) is 47.8 Å². The standard InChI is InChI=1S/C21H23N3O6/c1-14-7-8-17(15(2)9-14)12-23(3)19(25)13-30-20(26)11-22-21(27)16-5-4-6-18(10-16)24(28)29/h4-10H,11-13H2,1-3H3,(H,22,27). The number of nitro groups is 1. The number of benzene rings is 2. The zero-order valence-corrected chi connectivity index (χ0v) is 17.0. The summed E-state index contributed by atoms with van der Waals surface area (Å²) < 4.78 is 4.91. The molecule has 9 nitrogen and oxygen atoms in total. The van der Waals surface area contributed by atoms with Crippen molar-refractivity contribution in [3.05, 3.63) is 74.8 Å². The van der Waals surface area contributed by atoms with E-state index in [0.717, 1.165) is 22.8 Å². The van der Waals surface area contributed by atoms with Crippen LogP contribution in [0.15, 0.2) is 42.5 Å². The van der Waals surface area contributed by atoms with Crippen LogP contribution in [-0.2, 0) is 20.9 Å². The highest BCUT2D eigenvalue weighted by Crippen LogP contribution is 2.13. The number of carbonyl (C=O) groups is 3. The molecule has 0 aliphatic rings. The van der Waals surface area contributed by atoms with E-state index in [9.17, 15) is 24.5 Å². The Labute approximate surface area is 173 Å². The smallest absolute Gasteiger partial charge is 0.325 e. The van der Waals surface area contributed by atoms with Gasteiger partial charge in [-0.25, -0.2) is 0 Å². The van der Waals surface area contributed by atoms with Gasteiger partial charge in [0, 0.05) is 31.3 Å². The molecule has 0 heterocycles. The van der Waals surface area contributed by atoms with Crippen LogP contribution in [0.5, 0.6) is 0 Å². The molecule has 2 amide bonds. The van der Waals surface area contributed by atoms with Crippen molar-refractivity contribution in [1.82, 2.24) is 10.2 Å². The molecule has 0 saturated carbocycles. The lowest BCUT2D eigenvalue weighted by molar-refractivity contribution is -0.384. The summed E-state index contributed by atoms with van der Waals surface area (Å²) >= 11 is 0. The number of nitro benzene ring substituents is 1. The number of aryl methyl sites for hydroxylation is 2. The van der Waals surface area contributed by atoms with Gasteiger partial charge in [0.05, 0.1) is 4.92 Å². The maximum atomic E-state index is 12.2. The van der Waals surface area contributed by atoms with E-state index in [0.29, 0.717) is 6.54 Å². The summed E-state index contributed by atoms with van der Waals surface area (Å²) in [7, 11) is 1.61. The largest absolute Gasteiger partial charge is 0.454 e. The van der Waals surface area contributed by atoms with Gasteiger partial charge in [-0.05, 0) is 31.0 Å². The second-order valence-corrected chi connectivity index (χ2v) is 6.83. The average molecular weight is 413 g/mol. The molecule has 2 aromatic rings. The summed E-state index contributed by atoms with van der Waals surface area (Å²) in [5.74, 6) is -1.83. The van der Waals surface area contributed by atoms with Gasteiger partial charge in [0.1, 0.15) is 6.54 Å². The first-order chi connectivity index (χ1) is 14.2. The van der Waals surface area contributed by atoms with E-state index < -0.39 is 30.0 Å².